The molecule has 0 spiro atoms. The van der Waals surface area contributed by atoms with Gasteiger partial charge in [0.25, 0.3) is 0 Å². The Morgan fingerprint density at radius 1 is 1.00 bits per heavy atom. The summed E-state index contributed by atoms with van der Waals surface area (Å²) in [5.74, 6) is 0. The molecule has 0 N–H and O–H groups in total. The van der Waals surface area contributed by atoms with Crippen LogP contribution in [0.5, 0.6) is 0 Å². The fourth-order valence-electron chi connectivity index (χ4n) is 2.57. The van der Waals surface area contributed by atoms with E-state index in [2.05, 4.69) is 10.2 Å². The van der Waals surface area contributed by atoms with E-state index in [9.17, 15) is 4.79 Å². The summed E-state index contributed by atoms with van der Waals surface area (Å²) in [6.45, 7) is 0. The zero-order valence-electron chi connectivity index (χ0n) is 12.4. The van der Waals surface area contributed by atoms with Crippen molar-refractivity contribution in [3.8, 4) is 22.4 Å². The molecule has 0 saturated carbocycles. The summed E-state index contributed by atoms with van der Waals surface area (Å²) in [6, 6.07) is 17.0. The second-order valence-corrected chi connectivity index (χ2v) is 5.29. The van der Waals surface area contributed by atoms with Crippen molar-refractivity contribution in [2.75, 3.05) is 0 Å². The molecule has 0 aliphatic rings. The van der Waals surface area contributed by atoms with Gasteiger partial charge in [0.05, 0.1) is 11.8 Å². The van der Waals surface area contributed by atoms with E-state index in [-0.39, 0.29) is 5.63 Å². The van der Waals surface area contributed by atoms with E-state index in [1.54, 1.807) is 13.2 Å². The first-order chi connectivity index (χ1) is 11.2. The highest BCUT2D eigenvalue weighted by atomic mass is 16.4. The van der Waals surface area contributed by atoms with Crippen molar-refractivity contribution in [2.24, 2.45) is 7.05 Å². The van der Waals surface area contributed by atoms with Gasteiger partial charge in [0.15, 0.2) is 0 Å². The molecule has 0 radical (unpaired) electrons. The van der Waals surface area contributed by atoms with Gasteiger partial charge in [0.2, 0.25) is 0 Å². The number of rotatable bonds is 2. The molecule has 112 valence electrons. The third-order valence-corrected chi connectivity index (χ3v) is 3.72. The summed E-state index contributed by atoms with van der Waals surface area (Å²) in [5.41, 5.74) is 3.20. The highest BCUT2D eigenvalue weighted by Crippen LogP contribution is 2.25. The molecule has 5 heteroatoms. The van der Waals surface area contributed by atoms with Gasteiger partial charge in [-0.2, -0.15) is 15.0 Å². The van der Waals surface area contributed by atoms with E-state index in [4.69, 9.17) is 4.42 Å². The first kappa shape index (κ1) is 13.5. The van der Waals surface area contributed by atoms with Crippen LogP contribution in [-0.2, 0) is 7.05 Å². The molecule has 0 aliphatic heterocycles. The average Bonchev–Trinajstić information content (AvgIpc) is 3.01. The van der Waals surface area contributed by atoms with E-state index in [0.29, 0.717) is 11.1 Å². The van der Waals surface area contributed by atoms with Crippen LogP contribution >= 0.6 is 0 Å². The third-order valence-electron chi connectivity index (χ3n) is 3.72. The predicted molar refractivity (Wildman–Crippen MR) is 87.9 cm³/mol. The molecule has 0 amide bonds. The van der Waals surface area contributed by atoms with Crippen LogP contribution < -0.4 is 5.63 Å². The Kier molecular flexibility index (Phi) is 3.05. The molecule has 23 heavy (non-hydrogen) atoms. The summed E-state index contributed by atoms with van der Waals surface area (Å²) >= 11 is 0. The van der Waals surface area contributed by atoms with E-state index in [1.807, 2.05) is 54.6 Å². The lowest BCUT2D eigenvalue weighted by Gasteiger charge is -2.04. The average molecular weight is 303 g/mol. The van der Waals surface area contributed by atoms with Gasteiger partial charge in [-0.25, -0.2) is 4.79 Å². The van der Waals surface area contributed by atoms with E-state index < -0.39 is 0 Å². The normalized spacial score (nSPS) is 11.0. The fourth-order valence-corrected chi connectivity index (χ4v) is 2.57. The quantitative estimate of drug-likeness (QED) is 0.533. The van der Waals surface area contributed by atoms with Crippen molar-refractivity contribution >= 4 is 11.0 Å². The minimum absolute atomic E-state index is 0.347. The van der Waals surface area contributed by atoms with Crippen LogP contribution in [0, 0.1) is 0 Å². The standard InChI is InChI=1S/C18H13N3O2/c1-21-19-11-16(20-21)13-7-8-14-9-15(12-5-3-2-4-6-12)18(22)23-17(14)10-13/h2-11H,1H3. The minimum Gasteiger partial charge on any atom is -0.422 e. The van der Waals surface area contributed by atoms with Crippen LogP contribution in [0.15, 0.2) is 70.0 Å². The molecule has 5 nitrogen and oxygen atoms in total. The Hall–Kier alpha value is -3.21. The Morgan fingerprint density at radius 2 is 1.83 bits per heavy atom. The number of aromatic nitrogens is 3. The molecular formula is C18H13N3O2. The summed E-state index contributed by atoms with van der Waals surface area (Å²) in [7, 11) is 1.76. The van der Waals surface area contributed by atoms with Gasteiger partial charge in [-0.05, 0) is 17.7 Å². The Bertz CT molecular complexity index is 1050. The second-order valence-electron chi connectivity index (χ2n) is 5.29. The topological polar surface area (TPSA) is 60.9 Å². The summed E-state index contributed by atoms with van der Waals surface area (Å²) in [5, 5.41) is 9.19. The van der Waals surface area contributed by atoms with Crippen molar-refractivity contribution in [1.82, 2.24) is 15.0 Å². The molecule has 0 aliphatic carbocycles. The predicted octanol–water partition coefficient (Wildman–Crippen LogP) is 3.26. The lowest BCUT2D eigenvalue weighted by molar-refractivity contribution is 0.563. The van der Waals surface area contributed by atoms with Gasteiger partial charge in [-0.1, -0.05) is 42.5 Å². The zero-order valence-corrected chi connectivity index (χ0v) is 12.4. The van der Waals surface area contributed by atoms with Gasteiger partial charge < -0.3 is 4.42 Å². The first-order valence-electron chi connectivity index (χ1n) is 7.21. The molecule has 0 saturated heterocycles. The Balaban J connectivity index is 1.87. The Labute approximate surface area is 131 Å². The molecule has 0 fully saturated rings. The third kappa shape index (κ3) is 2.42. The largest absolute Gasteiger partial charge is 0.422 e. The Morgan fingerprint density at radius 3 is 2.57 bits per heavy atom. The molecule has 2 aromatic heterocycles. The van der Waals surface area contributed by atoms with Crippen molar-refractivity contribution in [1.29, 1.82) is 0 Å². The van der Waals surface area contributed by atoms with Crippen LogP contribution in [0.1, 0.15) is 0 Å². The molecule has 0 bridgehead atoms. The zero-order chi connectivity index (χ0) is 15.8. The van der Waals surface area contributed by atoms with Crippen LogP contribution in [0.3, 0.4) is 0 Å². The van der Waals surface area contributed by atoms with Crippen LogP contribution in [-0.4, -0.2) is 15.0 Å². The monoisotopic (exact) mass is 303 g/mol. The van der Waals surface area contributed by atoms with Crippen LogP contribution in [0.4, 0.5) is 0 Å². The number of hydrogen-bond donors (Lipinski definition) is 0. The lowest BCUT2D eigenvalue weighted by atomic mass is 10.0. The molecule has 4 aromatic rings. The maximum Gasteiger partial charge on any atom is 0.344 e. The van der Waals surface area contributed by atoms with Gasteiger partial charge in [-0.3, -0.25) is 0 Å². The van der Waals surface area contributed by atoms with Crippen LogP contribution in [0.25, 0.3) is 33.4 Å². The minimum atomic E-state index is -0.347. The SMILES string of the molecule is Cn1ncc(-c2ccc3cc(-c4ccccc4)c(=O)oc3c2)n1. The number of hydrogen-bond acceptors (Lipinski definition) is 4. The van der Waals surface area contributed by atoms with Crippen molar-refractivity contribution in [2.45, 2.75) is 0 Å². The van der Waals surface area contributed by atoms with E-state index in [0.717, 1.165) is 22.2 Å². The number of fused-ring (bicyclic) bond motifs is 1. The van der Waals surface area contributed by atoms with Crippen molar-refractivity contribution in [3.63, 3.8) is 0 Å². The number of nitrogens with zero attached hydrogens (tertiary/aromatic N) is 3. The summed E-state index contributed by atoms with van der Waals surface area (Å²) in [4.78, 5) is 13.8. The summed E-state index contributed by atoms with van der Waals surface area (Å²) in [6.07, 6.45) is 1.68. The van der Waals surface area contributed by atoms with Crippen molar-refractivity contribution in [3.05, 3.63) is 71.2 Å². The second kappa shape index (κ2) is 5.21. The maximum atomic E-state index is 12.3. The fraction of sp³-hybridized carbons (Fsp3) is 0.0556. The number of benzene rings is 2. The first-order valence-corrected chi connectivity index (χ1v) is 7.21. The van der Waals surface area contributed by atoms with Crippen LogP contribution in [0.2, 0.25) is 0 Å². The molecule has 2 heterocycles. The summed E-state index contributed by atoms with van der Waals surface area (Å²) < 4.78 is 5.51. The molecule has 0 atom stereocenters. The van der Waals surface area contributed by atoms with Gasteiger partial charge in [0, 0.05) is 18.0 Å². The van der Waals surface area contributed by atoms with Gasteiger partial charge in [0.1, 0.15) is 11.3 Å². The highest BCUT2D eigenvalue weighted by Gasteiger charge is 2.09. The molecule has 2 aromatic carbocycles. The van der Waals surface area contributed by atoms with Gasteiger partial charge >= 0.3 is 5.63 Å². The smallest absolute Gasteiger partial charge is 0.344 e. The van der Waals surface area contributed by atoms with Crippen molar-refractivity contribution < 1.29 is 4.42 Å². The maximum absolute atomic E-state index is 12.3. The van der Waals surface area contributed by atoms with Gasteiger partial charge in [-0.15, -0.1) is 0 Å². The molecule has 0 unspecified atom stereocenters. The van der Waals surface area contributed by atoms with E-state index in [1.165, 1.54) is 4.80 Å². The number of aryl methyl sites for hydroxylation is 1. The lowest BCUT2D eigenvalue weighted by Crippen LogP contribution is -2.02. The van der Waals surface area contributed by atoms with E-state index >= 15 is 0 Å². The molecular weight excluding hydrogens is 290 g/mol. The highest BCUT2D eigenvalue weighted by molar-refractivity contribution is 5.85. The molecule has 4 rings (SSSR count).